The normalized spacial score (nSPS) is 14.9. The Hall–Kier alpha value is -0.900. The van der Waals surface area contributed by atoms with Gasteiger partial charge in [-0.1, -0.05) is 37.3 Å². The van der Waals surface area contributed by atoms with Crippen LogP contribution in [0.15, 0.2) is 30.3 Å². The fourth-order valence-corrected chi connectivity index (χ4v) is 1.82. The molecule has 3 heteroatoms. The summed E-state index contributed by atoms with van der Waals surface area (Å²) in [7, 11) is 0. The number of nitrogens with two attached hydrogens (primary N) is 1. The molecule has 0 bridgehead atoms. The first-order chi connectivity index (χ1) is 8.17. The number of rotatable bonds is 7. The monoisotopic (exact) mass is 236 g/mol. The van der Waals surface area contributed by atoms with Crippen molar-refractivity contribution in [2.45, 2.75) is 39.0 Å². The van der Waals surface area contributed by atoms with Crippen molar-refractivity contribution in [1.82, 2.24) is 4.90 Å². The van der Waals surface area contributed by atoms with Crippen LogP contribution in [0, 0.1) is 0 Å². The minimum absolute atomic E-state index is 0.321. The van der Waals surface area contributed by atoms with Crippen molar-refractivity contribution in [1.29, 1.82) is 0 Å². The predicted molar refractivity (Wildman–Crippen MR) is 71.7 cm³/mol. The van der Waals surface area contributed by atoms with Crippen LogP contribution >= 0.6 is 0 Å². The van der Waals surface area contributed by atoms with E-state index in [0.717, 1.165) is 13.0 Å². The van der Waals surface area contributed by atoms with E-state index in [-0.39, 0.29) is 0 Å². The lowest BCUT2D eigenvalue weighted by atomic mass is 10.1. The second-order valence-corrected chi connectivity index (χ2v) is 4.56. The Bertz CT molecular complexity index is 302. The fraction of sp³-hybridized carbons (Fsp3) is 0.571. The molecule has 0 aromatic heterocycles. The number of benzene rings is 1. The second kappa shape index (κ2) is 7.43. The van der Waals surface area contributed by atoms with Crippen LogP contribution in [0.3, 0.4) is 0 Å². The van der Waals surface area contributed by atoms with Crippen LogP contribution < -0.4 is 5.73 Å². The van der Waals surface area contributed by atoms with E-state index in [9.17, 15) is 5.11 Å². The van der Waals surface area contributed by atoms with Crippen molar-refractivity contribution in [3.05, 3.63) is 35.9 Å². The molecule has 17 heavy (non-hydrogen) atoms. The molecule has 0 aliphatic rings. The molecule has 1 aromatic carbocycles. The van der Waals surface area contributed by atoms with Crippen LogP contribution in [0.5, 0.6) is 0 Å². The van der Waals surface area contributed by atoms with Crippen LogP contribution in [0.1, 0.15) is 25.8 Å². The highest BCUT2D eigenvalue weighted by atomic mass is 16.3. The van der Waals surface area contributed by atoms with Crippen LogP contribution in [-0.4, -0.2) is 35.2 Å². The van der Waals surface area contributed by atoms with Crippen LogP contribution in [0.4, 0.5) is 0 Å². The topological polar surface area (TPSA) is 49.5 Å². The molecule has 96 valence electrons. The molecular weight excluding hydrogens is 212 g/mol. The van der Waals surface area contributed by atoms with Gasteiger partial charge in [-0.3, -0.25) is 4.90 Å². The average molecular weight is 236 g/mol. The van der Waals surface area contributed by atoms with E-state index in [0.29, 0.717) is 19.1 Å². The summed E-state index contributed by atoms with van der Waals surface area (Å²) in [5, 5.41) is 9.68. The van der Waals surface area contributed by atoms with Gasteiger partial charge in [-0.2, -0.15) is 0 Å². The minimum Gasteiger partial charge on any atom is -0.390 e. The standard InChI is InChI=1S/C14H24N2O/c1-3-12(2)16(11-14(17)9-15)10-13-7-5-4-6-8-13/h4-8,12,14,17H,3,9-11,15H2,1-2H3/t12?,14-/m0/s1. The van der Waals surface area contributed by atoms with E-state index < -0.39 is 6.10 Å². The van der Waals surface area contributed by atoms with Crippen molar-refractivity contribution in [2.24, 2.45) is 5.73 Å². The molecule has 3 N–H and O–H groups in total. The maximum atomic E-state index is 9.68. The Balaban J connectivity index is 2.63. The van der Waals surface area contributed by atoms with Gasteiger partial charge in [0.1, 0.15) is 0 Å². The Morgan fingerprint density at radius 1 is 1.29 bits per heavy atom. The highest BCUT2D eigenvalue weighted by Gasteiger charge is 2.15. The number of aliphatic hydroxyl groups excluding tert-OH is 1. The van der Waals surface area contributed by atoms with E-state index in [2.05, 4.69) is 30.9 Å². The SMILES string of the molecule is CCC(C)N(Cc1ccccc1)C[C@@H](O)CN. The maximum Gasteiger partial charge on any atom is 0.0789 e. The van der Waals surface area contributed by atoms with Crippen molar-refractivity contribution in [3.8, 4) is 0 Å². The van der Waals surface area contributed by atoms with Gasteiger partial charge in [0.15, 0.2) is 0 Å². The van der Waals surface area contributed by atoms with Gasteiger partial charge < -0.3 is 10.8 Å². The predicted octanol–water partition coefficient (Wildman–Crippen LogP) is 1.61. The second-order valence-electron chi connectivity index (χ2n) is 4.56. The molecule has 0 radical (unpaired) electrons. The van der Waals surface area contributed by atoms with E-state index in [1.165, 1.54) is 5.56 Å². The summed E-state index contributed by atoms with van der Waals surface area (Å²) in [4.78, 5) is 2.28. The first-order valence-electron chi connectivity index (χ1n) is 6.33. The Kier molecular flexibility index (Phi) is 6.19. The van der Waals surface area contributed by atoms with E-state index in [1.807, 2.05) is 18.2 Å². The molecule has 0 saturated carbocycles. The first-order valence-corrected chi connectivity index (χ1v) is 6.33. The first kappa shape index (κ1) is 14.2. The van der Waals surface area contributed by atoms with Crippen molar-refractivity contribution in [3.63, 3.8) is 0 Å². The van der Waals surface area contributed by atoms with Gasteiger partial charge in [0.05, 0.1) is 6.10 Å². The third kappa shape index (κ3) is 4.86. The van der Waals surface area contributed by atoms with Gasteiger partial charge in [-0.25, -0.2) is 0 Å². The molecule has 0 amide bonds. The van der Waals surface area contributed by atoms with E-state index in [4.69, 9.17) is 5.73 Å². The molecule has 1 unspecified atom stereocenters. The Morgan fingerprint density at radius 3 is 2.47 bits per heavy atom. The molecule has 1 aromatic rings. The van der Waals surface area contributed by atoms with Crippen LogP contribution in [-0.2, 0) is 6.54 Å². The molecule has 1 rings (SSSR count). The zero-order valence-corrected chi connectivity index (χ0v) is 10.8. The largest absolute Gasteiger partial charge is 0.390 e. The number of hydrogen-bond acceptors (Lipinski definition) is 3. The number of aliphatic hydroxyl groups is 1. The zero-order valence-electron chi connectivity index (χ0n) is 10.8. The molecule has 3 nitrogen and oxygen atoms in total. The molecular formula is C14H24N2O. The number of hydrogen-bond donors (Lipinski definition) is 2. The summed E-state index contributed by atoms with van der Waals surface area (Å²) >= 11 is 0. The quantitative estimate of drug-likeness (QED) is 0.756. The lowest BCUT2D eigenvalue weighted by molar-refractivity contribution is 0.0899. The minimum atomic E-state index is -0.437. The van der Waals surface area contributed by atoms with Gasteiger partial charge in [-0.05, 0) is 18.9 Å². The molecule has 0 saturated heterocycles. The van der Waals surface area contributed by atoms with E-state index in [1.54, 1.807) is 0 Å². The highest BCUT2D eigenvalue weighted by molar-refractivity contribution is 5.14. The molecule has 0 aliphatic heterocycles. The smallest absolute Gasteiger partial charge is 0.0789 e. The fourth-order valence-electron chi connectivity index (χ4n) is 1.82. The van der Waals surface area contributed by atoms with Crippen molar-refractivity contribution >= 4 is 0 Å². The maximum absolute atomic E-state index is 9.68. The van der Waals surface area contributed by atoms with E-state index >= 15 is 0 Å². The molecule has 0 fully saturated rings. The van der Waals surface area contributed by atoms with Gasteiger partial charge in [-0.15, -0.1) is 0 Å². The summed E-state index contributed by atoms with van der Waals surface area (Å²) in [6.07, 6.45) is 0.636. The molecule has 0 aliphatic carbocycles. The third-order valence-electron chi connectivity index (χ3n) is 3.16. The summed E-state index contributed by atoms with van der Waals surface area (Å²) in [5.41, 5.74) is 6.75. The van der Waals surface area contributed by atoms with Gasteiger partial charge in [0.2, 0.25) is 0 Å². The lowest BCUT2D eigenvalue weighted by Crippen LogP contribution is -2.40. The highest BCUT2D eigenvalue weighted by Crippen LogP contribution is 2.11. The van der Waals surface area contributed by atoms with Crippen molar-refractivity contribution in [2.75, 3.05) is 13.1 Å². The van der Waals surface area contributed by atoms with Gasteiger partial charge >= 0.3 is 0 Å². The summed E-state index contributed by atoms with van der Waals surface area (Å²) in [6.45, 7) is 6.18. The third-order valence-corrected chi connectivity index (χ3v) is 3.16. The molecule has 0 heterocycles. The Morgan fingerprint density at radius 2 is 1.94 bits per heavy atom. The molecule has 2 atom stereocenters. The summed E-state index contributed by atoms with van der Waals surface area (Å²) < 4.78 is 0. The number of nitrogens with zero attached hydrogens (tertiary/aromatic N) is 1. The summed E-state index contributed by atoms with van der Waals surface area (Å²) in [5.74, 6) is 0. The lowest BCUT2D eigenvalue weighted by Gasteiger charge is -2.30. The van der Waals surface area contributed by atoms with Crippen molar-refractivity contribution < 1.29 is 5.11 Å². The molecule has 0 spiro atoms. The average Bonchev–Trinajstić information content (AvgIpc) is 2.38. The zero-order chi connectivity index (χ0) is 12.7. The van der Waals surface area contributed by atoms with Gasteiger partial charge in [0.25, 0.3) is 0 Å². The Labute approximate surface area is 104 Å². The van der Waals surface area contributed by atoms with Crippen LogP contribution in [0.25, 0.3) is 0 Å². The van der Waals surface area contributed by atoms with Gasteiger partial charge in [0, 0.05) is 25.7 Å². The van der Waals surface area contributed by atoms with Crippen LogP contribution in [0.2, 0.25) is 0 Å². The summed E-state index contributed by atoms with van der Waals surface area (Å²) in [6, 6.07) is 10.8.